The van der Waals surface area contributed by atoms with Gasteiger partial charge in [0.05, 0.1) is 6.54 Å². The minimum Gasteiger partial charge on any atom is -0.325 e. The van der Waals surface area contributed by atoms with Gasteiger partial charge in [-0.1, -0.05) is 22.0 Å². The largest absolute Gasteiger partial charge is 0.325 e. The van der Waals surface area contributed by atoms with E-state index in [9.17, 15) is 13.6 Å². The van der Waals surface area contributed by atoms with E-state index in [0.29, 0.717) is 11.3 Å². The summed E-state index contributed by atoms with van der Waals surface area (Å²) in [7, 11) is 0. The van der Waals surface area contributed by atoms with Gasteiger partial charge < -0.3 is 10.6 Å². The average Bonchev–Trinajstić information content (AvgIpc) is 2.50. The highest BCUT2D eigenvalue weighted by Gasteiger charge is 2.10. The van der Waals surface area contributed by atoms with Crippen molar-refractivity contribution in [3.05, 3.63) is 64.1 Å². The van der Waals surface area contributed by atoms with Crippen molar-refractivity contribution in [2.45, 2.75) is 13.0 Å². The second kappa shape index (κ2) is 7.47. The molecule has 1 atom stereocenters. The predicted molar refractivity (Wildman–Crippen MR) is 85.5 cm³/mol. The summed E-state index contributed by atoms with van der Waals surface area (Å²) < 4.78 is 27.0. The Morgan fingerprint density at radius 1 is 1.14 bits per heavy atom. The lowest BCUT2D eigenvalue weighted by Gasteiger charge is -2.14. The number of hydrogen-bond donors (Lipinski definition) is 2. The van der Waals surface area contributed by atoms with E-state index in [1.807, 2.05) is 12.1 Å². The van der Waals surface area contributed by atoms with Gasteiger partial charge in [-0.25, -0.2) is 8.78 Å². The standard InChI is InChI=1S/C16H15BrF2N2O/c1-10(11-2-7-14(18)15(19)8-11)20-9-16(22)21-13-5-3-12(17)4-6-13/h2-8,10,20H,9H2,1H3,(H,21,22)/t10-/m1/s1. The number of nitrogens with one attached hydrogen (secondary N) is 2. The SMILES string of the molecule is C[C@@H](NCC(=O)Nc1ccc(Br)cc1)c1ccc(F)c(F)c1. The predicted octanol–water partition coefficient (Wildman–Crippen LogP) is 4.02. The molecule has 0 fully saturated rings. The number of carbonyl (C=O) groups is 1. The molecule has 6 heteroatoms. The van der Waals surface area contributed by atoms with Crippen molar-refractivity contribution in [3.8, 4) is 0 Å². The van der Waals surface area contributed by atoms with Crippen molar-refractivity contribution >= 4 is 27.5 Å². The van der Waals surface area contributed by atoms with Gasteiger partial charge in [-0.05, 0) is 48.9 Å². The van der Waals surface area contributed by atoms with Crippen molar-refractivity contribution < 1.29 is 13.6 Å². The first-order valence-electron chi connectivity index (χ1n) is 6.69. The molecule has 0 spiro atoms. The third-order valence-corrected chi connectivity index (χ3v) is 3.67. The first-order valence-corrected chi connectivity index (χ1v) is 7.49. The summed E-state index contributed by atoms with van der Waals surface area (Å²) in [4.78, 5) is 11.8. The second-order valence-corrected chi connectivity index (χ2v) is 5.75. The van der Waals surface area contributed by atoms with Crippen LogP contribution in [-0.4, -0.2) is 12.5 Å². The van der Waals surface area contributed by atoms with E-state index in [1.54, 1.807) is 19.1 Å². The molecule has 22 heavy (non-hydrogen) atoms. The van der Waals surface area contributed by atoms with Crippen molar-refractivity contribution in [1.29, 1.82) is 0 Å². The van der Waals surface area contributed by atoms with Crippen LogP contribution >= 0.6 is 15.9 Å². The zero-order valence-corrected chi connectivity index (χ0v) is 13.5. The summed E-state index contributed by atoms with van der Waals surface area (Å²) in [6.07, 6.45) is 0. The molecular weight excluding hydrogens is 354 g/mol. The maximum absolute atomic E-state index is 13.2. The van der Waals surface area contributed by atoms with Crippen molar-refractivity contribution in [1.82, 2.24) is 5.32 Å². The Morgan fingerprint density at radius 2 is 1.82 bits per heavy atom. The number of halogens is 3. The van der Waals surface area contributed by atoms with Crippen LogP contribution in [0.5, 0.6) is 0 Å². The van der Waals surface area contributed by atoms with Gasteiger partial charge in [0.15, 0.2) is 11.6 Å². The lowest BCUT2D eigenvalue weighted by Crippen LogP contribution is -2.30. The molecule has 0 aliphatic rings. The zero-order chi connectivity index (χ0) is 16.1. The molecule has 0 aliphatic heterocycles. The topological polar surface area (TPSA) is 41.1 Å². The molecule has 0 saturated heterocycles. The van der Waals surface area contributed by atoms with Gasteiger partial charge in [0.25, 0.3) is 0 Å². The molecule has 2 rings (SSSR count). The van der Waals surface area contributed by atoms with Crippen LogP contribution in [0.2, 0.25) is 0 Å². The first kappa shape index (κ1) is 16.6. The molecule has 2 aromatic carbocycles. The lowest BCUT2D eigenvalue weighted by atomic mass is 10.1. The highest BCUT2D eigenvalue weighted by Crippen LogP contribution is 2.16. The van der Waals surface area contributed by atoms with Crippen molar-refractivity contribution in [3.63, 3.8) is 0 Å². The number of rotatable bonds is 5. The fraction of sp³-hybridized carbons (Fsp3) is 0.188. The number of benzene rings is 2. The molecule has 116 valence electrons. The molecule has 1 amide bonds. The van der Waals surface area contributed by atoms with Crippen LogP contribution in [0.3, 0.4) is 0 Å². The van der Waals surface area contributed by atoms with Gasteiger partial charge in [-0.15, -0.1) is 0 Å². The molecule has 2 aromatic rings. The third kappa shape index (κ3) is 4.61. The normalized spacial score (nSPS) is 12.0. The summed E-state index contributed by atoms with van der Waals surface area (Å²) in [5, 5.41) is 5.71. The Bertz CT molecular complexity index is 662. The summed E-state index contributed by atoms with van der Waals surface area (Å²) in [6, 6.07) is 10.6. The van der Waals surface area contributed by atoms with Gasteiger partial charge in [-0.3, -0.25) is 4.79 Å². The van der Waals surface area contributed by atoms with Crippen molar-refractivity contribution in [2.75, 3.05) is 11.9 Å². The van der Waals surface area contributed by atoms with Gasteiger partial charge in [0.1, 0.15) is 0 Å². The molecule has 0 aliphatic carbocycles. The monoisotopic (exact) mass is 368 g/mol. The lowest BCUT2D eigenvalue weighted by molar-refractivity contribution is -0.115. The highest BCUT2D eigenvalue weighted by molar-refractivity contribution is 9.10. The number of hydrogen-bond acceptors (Lipinski definition) is 2. The summed E-state index contributed by atoms with van der Waals surface area (Å²) in [5.74, 6) is -1.99. The van der Waals surface area contributed by atoms with Crippen LogP contribution in [0.25, 0.3) is 0 Å². The fourth-order valence-electron chi connectivity index (χ4n) is 1.88. The van der Waals surface area contributed by atoms with E-state index >= 15 is 0 Å². The quantitative estimate of drug-likeness (QED) is 0.836. The number of anilines is 1. The molecule has 0 aromatic heterocycles. The Kier molecular flexibility index (Phi) is 5.63. The van der Waals surface area contributed by atoms with Gasteiger partial charge >= 0.3 is 0 Å². The minimum absolute atomic E-state index is 0.0657. The highest BCUT2D eigenvalue weighted by atomic mass is 79.9. The van der Waals surface area contributed by atoms with E-state index in [-0.39, 0.29) is 18.5 Å². The molecule has 0 radical (unpaired) electrons. The maximum atomic E-state index is 13.2. The van der Waals surface area contributed by atoms with Crippen LogP contribution in [0, 0.1) is 11.6 Å². The molecule has 0 bridgehead atoms. The first-order chi connectivity index (χ1) is 10.5. The summed E-state index contributed by atoms with van der Waals surface area (Å²) in [5.41, 5.74) is 1.27. The molecule has 0 heterocycles. The molecule has 0 unspecified atom stereocenters. The van der Waals surface area contributed by atoms with Crippen LogP contribution in [0.4, 0.5) is 14.5 Å². The van der Waals surface area contributed by atoms with Gasteiger partial charge in [0, 0.05) is 16.2 Å². The Hall–Kier alpha value is -1.79. The number of carbonyl (C=O) groups excluding carboxylic acids is 1. The van der Waals surface area contributed by atoms with E-state index in [0.717, 1.165) is 16.6 Å². The molecule has 3 nitrogen and oxygen atoms in total. The van der Waals surface area contributed by atoms with Gasteiger partial charge in [-0.2, -0.15) is 0 Å². The molecule has 2 N–H and O–H groups in total. The van der Waals surface area contributed by atoms with Crippen molar-refractivity contribution in [2.24, 2.45) is 0 Å². The van der Waals surface area contributed by atoms with Crippen LogP contribution in [0.15, 0.2) is 46.9 Å². The van der Waals surface area contributed by atoms with E-state index < -0.39 is 11.6 Å². The van der Waals surface area contributed by atoms with Crippen LogP contribution in [-0.2, 0) is 4.79 Å². The summed E-state index contributed by atoms with van der Waals surface area (Å²) >= 11 is 3.32. The Morgan fingerprint density at radius 3 is 2.45 bits per heavy atom. The minimum atomic E-state index is -0.898. The molecular formula is C16H15BrF2N2O. The Balaban J connectivity index is 1.87. The van der Waals surface area contributed by atoms with E-state index in [2.05, 4.69) is 26.6 Å². The fourth-order valence-corrected chi connectivity index (χ4v) is 2.15. The van der Waals surface area contributed by atoms with Crippen LogP contribution in [0.1, 0.15) is 18.5 Å². The average molecular weight is 369 g/mol. The smallest absolute Gasteiger partial charge is 0.238 e. The Labute approximate surface area is 135 Å². The number of amides is 1. The van der Waals surface area contributed by atoms with E-state index in [4.69, 9.17) is 0 Å². The second-order valence-electron chi connectivity index (χ2n) is 4.83. The zero-order valence-electron chi connectivity index (χ0n) is 11.9. The van der Waals surface area contributed by atoms with E-state index in [1.165, 1.54) is 6.07 Å². The summed E-state index contributed by atoms with van der Waals surface area (Å²) in [6.45, 7) is 1.84. The van der Waals surface area contributed by atoms with Crippen LogP contribution < -0.4 is 10.6 Å². The molecule has 0 saturated carbocycles. The maximum Gasteiger partial charge on any atom is 0.238 e. The van der Waals surface area contributed by atoms with Gasteiger partial charge in [0.2, 0.25) is 5.91 Å². The third-order valence-electron chi connectivity index (χ3n) is 3.14.